The molecule has 1 saturated heterocycles. The Morgan fingerprint density at radius 2 is 2.04 bits per heavy atom. The van der Waals surface area contributed by atoms with Crippen molar-refractivity contribution in [2.75, 3.05) is 26.2 Å². The first-order valence-corrected chi connectivity index (χ1v) is 8.85. The van der Waals surface area contributed by atoms with Crippen LogP contribution in [-0.4, -0.2) is 52.1 Å². The Hall–Kier alpha value is -2.34. The molecule has 1 N–H and O–H groups in total. The summed E-state index contributed by atoms with van der Waals surface area (Å²) in [5.41, 5.74) is 1.46. The van der Waals surface area contributed by atoms with E-state index in [-0.39, 0.29) is 17.6 Å². The fourth-order valence-electron chi connectivity index (χ4n) is 3.76. The van der Waals surface area contributed by atoms with Gasteiger partial charge in [-0.05, 0) is 19.9 Å². The summed E-state index contributed by atoms with van der Waals surface area (Å²) in [6.45, 7) is 7.33. The first-order chi connectivity index (χ1) is 12.1. The molecule has 0 bridgehead atoms. The number of piperazine rings is 1. The highest BCUT2D eigenvalue weighted by Gasteiger charge is 2.36. The molecule has 25 heavy (non-hydrogen) atoms. The molecule has 3 heterocycles. The van der Waals surface area contributed by atoms with E-state index < -0.39 is 0 Å². The molecule has 0 radical (unpaired) electrons. The van der Waals surface area contributed by atoms with E-state index in [4.69, 9.17) is 4.74 Å². The maximum absolute atomic E-state index is 13.0. The Morgan fingerprint density at radius 3 is 2.84 bits per heavy atom. The number of ether oxygens (including phenoxy) is 1. The summed E-state index contributed by atoms with van der Waals surface area (Å²) in [5.74, 6) is 0.943. The zero-order valence-corrected chi connectivity index (χ0v) is 14.7. The maximum atomic E-state index is 13.0. The Kier molecular flexibility index (Phi) is 4.00. The highest BCUT2D eigenvalue weighted by Crippen LogP contribution is 2.41. The first kappa shape index (κ1) is 16.1. The van der Waals surface area contributed by atoms with Crippen LogP contribution in [0, 0.1) is 0 Å². The number of benzene rings is 1. The van der Waals surface area contributed by atoms with E-state index in [1.807, 2.05) is 27.7 Å². The van der Waals surface area contributed by atoms with Gasteiger partial charge in [-0.1, -0.05) is 18.2 Å². The van der Waals surface area contributed by atoms with Gasteiger partial charge in [0.05, 0.1) is 18.6 Å². The monoisotopic (exact) mass is 340 g/mol. The zero-order valence-electron chi connectivity index (χ0n) is 14.7. The summed E-state index contributed by atoms with van der Waals surface area (Å²) in [5, 5.41) is 3.28. The number of nitrogens with one attached hydrogen (secondary N) is 1. The smallest absolute Gasteiger partial charge is 0.272 e. The number of carbonyl (C=O) groups is 1. The van der Waals surface area contributed by atoms with Crippen LogP contribution >= 0.6 is 0 Å². The standard InChI is InChI=1S/C19H24N4O2/c1-19(2)11-15(14-5-3-4-6-17(14)25-19)23-13-21-12-16(23)18(24)22-9-7-20-8-10-22/h3-6,12-13,15,20H,7-11H2,1-2H3. The van der Waals surface area contributed by atoms with Gasteiger partial charge in [-0.3, -0.25) is 4.79 Å². The molecular formula is C19H24N4O2. The van der Waals surface area contributed by atoms with Crippen molar-refractivity contribution in [2.24, 2.45) is 0 Å². The van der Waals surface area contributed by atoms with Crippen LogP contribution in [0.25, 0.3) is 0 Å². The lowest BCUT2D eigenvalue weighted by molar-refractivity contribution is 0.0625. The summed E-state index contributed by atoms with van der Waals surface area (Å²) < 4.78 is 8.15. The van der Waals surface area contributed by atoms with E-state index in [2.05, 4.69) is 30.2 Å². The fraction of sp³-hybridized carbons (Fsp3) is 0.474. The predicted octanol–water partition coefficient (Wildman–Crippen LogP) is 2.08. The van der Waals surface area contributed by atoms with E-state index in [9.17, 15) is 4.79 Å². The minimum Gasteiger partial charge on any atom is -0.487 e. The highest BCUT2D eigenvalue weighted by atomic mass is 16.5. The number of hydrogen-bond acceptors (Lipinski definition) is 4. The Labute approximate surface area is 147 Å². The van der Waals surface area contributed by atoms with Gasteiger partial charge in [0.1, 0.15) is 17.0 Å². The third-order valence-corrected chi connectivity index (χ3v) is 4.97. The number of para-hydroxylation sites is 1. The van der Waals surface area contributed by atoms with Crippen molar-refractivity contribution in [2.45, 2.75) is 31.9 Å². The van der Waals surface area contributed by atoms with Crippen LogP contribution in [0.2, 0.25) is 0 Å². The summed E-state index contributed by atoms with van der Waals surface area (Å²) in [7, 11) is 0. The molecule has 1 fully saturated rings. The van der Waals surface area contributed by atoms with Crippen LogP contribution in [-0.2, 0) is 0 Å². The number of hydrogen-bond donors (Lipinski definition) is 1. The summed E-state index contributed by atoms with van der Waals surface area (Å²) >= 11 is 0. The Bertz CT molecular complexity index is 777. The van der Waals surface area contributed by atoms with Crippen molar-refractivity contribution in [1.29, 1.82) is 0 Å². The van der Waals surface area contributed by atoms with Crippen molar-refractivity contribution in [3.63, 3.8) is 0 Å². The normalized spacial score (nSPS) is 22.2. The molecule has 0 aliphatic carbocycles. The van der Waals surface area contributed by atoms with Crippen molar-refractivity contribution in [3.05, 3.63) is 48.0 Å². The molecule has 4 rings (SSSR count). The van der Waals surface area contributed by atoms with Crippen LogP contribution in [0.3, 0.4) is 0 Å². The number of nitrogens with zero attached hydrogens (tertiary/aromatic N) is 3. The van der Waals surface area contributed by atoms with Gasteiger partial charge in [0.25, 0.3) is 5.91 Å². The molecule has 0 saturated carbocycles. The average molecular weight is 340 g/mol. The number of imidazole rings is 1. The molecule has 2 aromatic rings. The van der Waals surface area contributed by atoms with Crippen LogP contribution in [0.5, 0.6) is 5.75 Å². The van der Waals surface area contributed by atoms with Crippen LogP contribution in [0.15, 0.2) is 36.8 Å². The number of carbonyl (C=O) groups excluding carboxylic acids is 1. The second-order valence-corrected chi connectivity index (χ2v) is 7.35. The summed E-state index contributed by atoms with van der Waals surface area (Å²) in [6, 6.07) is 8.12. The summed E-state index contributed by atoms with van der Waals surface area (Å²) in [4.78, 5) is 19.2. The molecule has 1 unspecified atom stereocenters. The van der Waals surface area contributed by atoms with Crippen molar-refractivity contribution in [1.82, 2.24) is 19.8 Å². The molecular weight excluding hydrogens is 316 g/mol. The van der Waals surface area contributed by atoms with Crippen LogP contribution < -0.4 is 10.1 Å². The van der Waals surface area contributed by atoms with E-state index in [0.717, 1.165) is 43.9 Å². The molecule has 0 spiro atoms. The second-order valence-electron chi connectivity index (χ2n) is 7.35. The molecule has 2 aliphatic rings. The fourth-order valence-corrected chi connectivity index (χ4v) is 3.76. The lowest BCUT2D eigenvalue weighted by atomic mass is 9.89. The van der Waals surface area contributed by atoms with E-state index >= 15 is 0 Å². The molecule has 1 aromatic carbocycles. The van der Waals surface area contributed by atoms with Gasteiger partial charge in [-0.25, -0.2) is 4.98 Å². The molecule has 1 atom stereocenters. The van der Waals surface area contributed by atoms with Gasteiger partial charge >= 0.3 is 0 Å². The van der Waals surface area contributed by atoms with Gasteiger partial charge in [-0.2, -0.15) is 0 Å². The number of amides is 1. The van der Waals surface area contributed by atoms with E-state index in [1.165, 1.54) is 0 Å². The molecule has 2 aliphatic heterocycles. The van der Waals surface area contributed by atoms with Gasteiger partial charge in [0.15, 0.2) is 0 Å². The lowest BCUT2D eigenvalue weighted by Gasteiger charge is -2.38. The van der Waals surface area contributed by atoms with Crippen LogP contribution in [0.4, 0.5) is 0 Å². The van der Waals surface area contributed by atoms with Gasteiger partial charge < -0.3 is 19.5 Å². The minimum atomic E-state index is -0.293. The van der Waals surface area contributed by atoms with Crippen molar-refractivity contribution >= 4 is 5.91 Å². The second kappa shape index (κ2) is 6.19. The molecule has 6 nitrogen and oxygen atoms in total. The molecule has 1 amide bonds. The third-order valence-electron chi connectivity index (χ3n) is 4.97. The van der Waals surface area contributed by atoms with Crippen LogP contribution in [0.1, 0.15) is 42.4 Å². The zero-order chi connectivity index (χ0) is 17.4. The van der Waals surface area contributed by atoms with Gasteiger partial charge in [-0.15, -0.1) is 0 Å². The van der Waals surface area contributed by atoms with E-state index in [0.29, 0.717) is 5.69 Å². The summed E-state index contributed by atoms with van der Waals surface area (Å²) in [6.07, 6.45) is 4.26. The molecule has 1 aromatic heterocycles. The maximum Gasteiger partial charge on any atom is 0.272 e. The molecule has 6 heteroatoms. The first-order valence-electron chi connectivity index (χ1n) is 8.85. The third kappa shape index (κ3) is 3.02. The quantitative estimate of drug-likeness (QED) is 0.909. The number of aromatic nitrogens is 2. The van der Waals surface area contributed by atoms with Gasteiger partial charge in [0, 0.05) is 38.2 Å². The molecule has 132 valence electrons. The van der Waals surface area contributed by atoms with Crippen molar-refractivity contribution < 1.29 is 9.53 Å². The number of fused-ring (bicyclic) bond motifs is 1. The lowest BCUT2D eigenvalue weighted by Crippen LogP contribution is -2.47. The van der Waals surface area contributed by atoms with Gasteiger partial charge in [0.2, 0.25) is 0 Å². The predicted molar refractivity (Wildman–Crippen MR) is 94.9 cm³/mol. The minimum absolute atomic E-state index is 0.0457. The average Bonchev–Trinajstić information content (AvgIpc) is 3.10. The Balaban J connectivity index is 1.71. The number of rotatable bonds is 2. The SMILES string of the molecule is CC1(C)CC(n2cncc2C(=O)N2CCNCC2)c2ccccc2O1. The highest BCUT2D eigenvalue weighted by molar-refractivity contribution is 5.92. The topological polar surface area (TPSA) is 59.4 Å². The van der Waals surface area contributed by atoms with E-state index in [1.54, 1.807) is 12.5 Å². The van der Waals surface area contributed by atoms with Crippen molar-refractivity contribution in [3.8, 4) is 5.75 Å². The Morgan fingerprint density at radius 1 is 1.28 bits per heavy atom. The largest absolute Gasteiger partial charge is 0.487 e.